The Bertz CT molecular complexity index is 1000. The molecular formula is C19H21ClN2O5S. The first kappa shape index (κ1) is 20.6. The minimum Gasteiger partial charge on any atom is -0.496 e. The lowest BCUT2D eigenvalue weighted by molar-refractivity contribution is 0.0712. The molecule has 7 nitrogen and oxygen atoms in total. The van der Waals surface area contributed by atoms with E-state index in [0.717, 1.165) is 5.56 Å². The lowest BCUT2D eigenvalue weighted by atomic mass is 9.91. The summed E-state index contributed by atoms with van der Waals surface area (Å²) in [6.07, 6.45) is 0.257. The third-order valence-electron chi connectivity index (χ3n) is 4.60. The Hall–Kier alpha value is -2.13. The van der Waals surface area contributed by atoms with Gasteiger partial charge in [0.1, 0.15) is 5.75 Å². The third kappa shape index (κ3) is 4.30. The number of halogens is 1. The topological polar surface area (TPSA) is 105 Å². The third-order valence-corrected chi connectivity index (χ3v) is 6.62. The van der Waals surface area contributed by atoms with Crippen molar-refractivity contribution in [1.29, 1.82) is 0 Å². The zero-order valence-corrected chi connectivity index (χ0v) is 17.0. The highest BCUT2D eigenvalue weighted by Crippen LogP contribution is 2.29. The molecule has 0 aromatic heterocycles. The highest BCUT2D eigenvalue weighted by atomic mass is 35.5. The number of hydrogen-bond donors (Lipinski definition) is 3. The Labute approximate surface area is 168 Å². The van der Waals surface area contributed by atoms with E-state index in [1.165, 1.54) is 25.3 Å². The maximum Gasteiger partial charge on any atom is 0.259 e. The fourth-order valence-corrected chi connectivity index (χ4v) is 4.40. The van der Waals surface area contributed by atoms with Gasteiger partial charge >= 0.3 is 0 Å². The quantitative estimate of drug-likeness (QED) is 0.661. The van der Waals surface area contributed by atoms with Gasteiger partial charge in [0.15, 0.2) is 0 Å². The average molecular weight is 425 g/mol. The van der Waals surface area contributed by atoms with Crippen molar-refractivity contribution in [2.24, 2.45) is 0 Å². The van der Waals surface area contributed by atoms with Crippen LogP contribution in [-0.4, -0.2) is 38.7 Å². The molecule has 3 rings (SSSR count). The number of carbonyl (C=O) groups excluding carboxylic acids is 1. The number of nitrogens with one attached hydrogen (secondary N) is 2. The van der Waals surface area contributed by atoms with E-state index in [9.17, 15) is 18.3 Å². The van der Waals surface area contributed by atoms with Crippen LogP contribution in [0.1, 0.15) is 28.8 Å². The van der Waals surface area contributed by atoms with E-state index in [-0.39, 0.29) is 22.3 Å². The highest BCUT2D eigenvalue weighted by molar-refractivity contribution is 7.89. The van der Waals surface area contributed by atoms with Gasteiger partial charge in [0.2, 0.25) is 10.0 Å². The van der Waals surface area contributed by atoms with Crippen molar-refractivity contribution >= 4 is 33.2 Å². The van der Waals surface area contributed by atoms with Gasteiger partial charge in [0, 0.05) is 6.04 Å². The number of rotatable bonds is 6. The smallest absolute Gasteiger partial charge is 0.259 e. The fourth-order valence-electron chi connectivity index (χ4n) is 2.94. The molecule has 0 bridgehead atoms. The predicted molar refractivity (Wildman–Crippen MR) is 106 cm³/mol. The Balaban J connectivity index is 1.88. The highest BCUT2D eigenvalue weighted by Gasteiger charge is 2.31. The molecular weight excluding hydrogens is 404 g/mol. The van der Waals surface area contributed by atoms with Gasteiger partial charge < -0.3 is 15.2 Å². The van der Waals surface area contributed by atoms with Gasteiger partial charge in [-0.05, 0) is 49.6 Å². The number of amides is 1. The van der Waals surface area contributed by atoms with E-state index in [1.54, 1.807) is 12.1 Å². The monoisotopic (exact) mass is 424 g/mol. The molecule has 0 atom stereocenters. The first-order chi connectivity index (χ1) is 13.2. The van der Waals surface area contributed by atoms with E-state index in [1.807, 2.05) is 13.0 Å². The number of sulfonamides is 1. The summed E-state index contributed by atoms with van der Waals surface area (Å²) in [6, 6.07) is 8.97. The van der Waals surface area contributed by atoms with Crippen LogP contribution in [0.25, 0.3) is 0 Å². The van der Waals surface area contributed by atoms with Crippen molar-refractivity contribution in [2.75, 3.05) is 12.4 Å². The van der Waals surface area contributed by atoms with Crippen LogP contribution in [0.2, 0.25) is 5.02 Å². The second-order valence-electron chi connectivity index (χ2n) is 6.70. The van der Waals surface area contributed by atoms with Crippen LogP contribution >= 0.6 is 11.6 Å². The largest absolute Gasteiger partial charge is 0.496 e. The van der Waals surface area contributed by atoms with Crippen molar-refractivity contribution in [3.8, 4) is 5.75 Å². The van der Waals surface area contributed by atoms with Gasteiger partial charge in [-0.25, -0.2) is 13.1 Å². The molecule has 2 aromatic rings. The summed E-state index contributed by atoms with van der Waals surface area (Å²) in [5, 5.41) is 12.4. The van der Waals surface area contributed by atoms with Crippen LogP contribution < -0.4 is 14.8 Å². The summed E-state index contributed by atoms with van der Waals surface area (Å²) in [6.45, 7) is 1.81. The molecule has 0 saturated heterocycles. The van der Waals surface area contributed by atoms with Gasteiger partial charge in [-0.3, -0.25) is 4.79 Å². The summed E-state index contributed by atoms with van der Waals surface area (Å²) in [5.41, 5.74) is 1.29. The zero-order chi connectivity index (χ0) is 20.5. The van der Waals surface area contributed by atoms with Gasteiger partial charge in [-0.1, -0.05) is 23.7 Å². The van der Waals surface area contributed by atoms with E-state index < -0.39 is 22.0 Å². The van der Waals surface area contributed by atoms with Gasteiger partial charge in [-0.2, -0.15) is 0 Å². The molecule has 1 aliphatic carbocycles. The predicted octanol–water partition coefficient (Wildman–Crippen LogP) is 2.71. The number of benzene rings is 2. The normalized spacial score (nSPS) is 19.0. The van der Waals surface area contributed by atoms with Gasteiger partial charge in [0.25, 0.3) is 5.91 Å². The summed E-state index contributed by atoms with van der Waals surface area (Å²) < 4.78 is 32.9. The molecule has 1 saturated carbocycles. The number of anilines is 1. The Morgan fingerprint density at radius 3 is 2.61 bits per heavy atom. The van der Waals surface area contributed by atoms with Crippen molar-refractivity contribution in [1.82, 2.24) is 4.72 Å². The molecule has 0 unspecified atom stereocenters. The van der Waals surface area contributed by atoms with Crippen molar-refractivity contribution in [3.05, 3.63) is 52.5 Å². The van der Waals surface area contributed by atoms with Crippen LogP contribution in [0.4, 0.5) is 5.69 Å². The van der Waals surface area contributed by atoms with Crippen LogP contribution in [0.5, 0.6) is 5.75 Å². The molecule has 3 N–H and O–H groups in total. The van der Waals surface area contributed by atoms with E-state index in [0.29, 0.717) is 23.6 Å². The minimum absolute atomic E-state index is 0.0600. The molecule has 0 spiro atoms. The molecule has 1 aliphatic rings. The van der Waals surface area contributed by atoms with E-state index in [4.69, 9.17) is 16.3 Å². The Morgan fingerprint density at radius 2 is 1.96 bits per heavy atom. The molecule has 28 heavy (non-hydrogen) atoms. The molecule has 0 radical (unpaired) electrons. The van der Waals surface area contributed by atoms with E-state index >= 15 is 0 Å². The minimum atomic E-state index is -3.84. The SMILES string of the molecule is COc1ccc(S(=O)(=O)NC2CC(O)C2)cc1C(=O)Nc1cccc(C)c1Cl. The number of carbonyl (C=O) groups is 1. The van der Waals surface area contributed by atoms with Gasteiger partial charge in [0.05, 0.1) is 34.4 Å². The van der Waals surface area contributed by atoms with Crippen molar-refractivity contribution in [3.63, 3.8) is 0 Å². The second kappa shape index (κ2) is 8.08. The number of hydrogen-bond acceptors (Lipinski definition) is 5. The van der Waals surface area contributed by atoms with Gasteiger partial charge in [-0.15, -0.1) is 0 Å². The fraction of sp³-hybridized carbons (Fsp3) is 0.316. The lowest BCUT2D eigenvalue weighted by Gasteiger charge is -2.31. The number of aryl methyl sites for hydroxylation is 1. The first-order valence-corrected chi connectivity index (χ1v) is 10.5. The number of aliphatic hydroxyl groups is 1. The van der Waals surface area contributed by atoms with Crippen LogP contribution in [-0.2, 0) is 10.0 Å². The lowest BCUT2D eigenvalue weighted by Crippen LogP contribution is -2.46. The molecule has 9 heteroatoms. The standard InChI is InChI=1S/C19H21ClN2O5S/c1-11-4-3-5-16(18(11)20)21-19(24)15-10-14(6-7-17(15)27-2)28(25,26)22-12-8-13(23)9-12/h3-7,10,12-13,22-23H,8-9H2,1-2H3,(H,21,24). The zero-order valence-electron chi connectivity index (χ0n) is 15.4. The molecule has 0 aliphatic heterocycles. The first-order valence-electron chi connectivity index (χ1n) is 8.66. The molecule has 1 fully saturated rings. The van der Waals surface area contributed by atoms with E-state index in [2.05, 4.69) is 10.0 Å². The summed E-state index contributed by atoms with van der Waals surface area (Å²) in [4.78, 5) is 12.7. The number of aliphatic hydroxyl groups excluding tert-OH is 1. The summed E-state index contributed by atoms with van der Waals surface area (Å²) in [5.74, 6) is -0.306. The van der Waals surface area contributed by atoms with Crippen LogP contribution in [0.3, 0.4) is 0 Å². The van der Waals surface area contributed by atoms with Crippen LogP contribution in [0, 0.1) is 6.92 Å². The maximum absolute atomic E-state index is 12.8. The summed E-state index contributed by atoms with van der Waals surface area (Å²) >= 11 is 6.22. The Morgan fingerprint density at radius 1 is 1.25 bits per heavy atom. The molecule has 2 aromatic carbocycles. The van der Waals surface area contributed by atoms with Crippen molar-refractivity contribution < 1.29 is 23.1 Å². The average Bonchev–Trinajstić information content (AvgIpc) is 2.63. The molecule has 150 valence electrons. The van der Waals surface area contributed by atoms with Crippen molar-refractivity contribution in [2.45, 2.75) is 36.8 Å². The molecule has 1 amide bonds. The molecule has 0 heterocycles. The number of ether oxygens (including phenoxy) is 1. The number of methoxy groups -OCH3 is 1. The van der Waals surface area contributed by atoms with Crippen LogP contribution in [0.15, 0.2) is 41.3 Å². The maximum atomic E-state index is 12.8. The Kier molecular flexibility index (Phi) is 5.95. The summed E-state index contributed by atoms with van der Waals surface area (Å²) in [7, 11) is -2.44. The second-order valence-corrected chi connectivity index (χ2v) is 8.79.